The van der Waals surface area contributed by atoms with Gasteiger partial charge in [-0.2, -0.15) is 0 Å². The highest BCUT2D eigenvalue weighted by molar-refractivity contribution is 7.17. The molecule has 110 valence electrons. The highest BCUT2D eigenvalue weighted by Crippen LogP contribution is 2.19. The lowest BCUT2D eigenvalue weighted by Gasteiger charge is -2.33. The van der Waals surface area contributed by atoms with E-state index >= 15 is 0 Å². The highest BCUT2D eigenvalue weighted by Gasteiger charge is 2.34. The number of amides is 2. The Kier molecular flexibility index (Phi) is 5.27. The van der Waals surface area contributed by atoms with E-state index in [9.17, 15) is 9.59 Å². The molecule has 1 atom stereocenters. The molecule has 1 fully saturated rings. The van der Waals surface area contributed by atoms with Gasteiger partial charge in [0.25, 0.3) is 5.91 Å². The number of nitrogens with zero attached hydrogens (tertiary/aromatic N) is 3. The molecule has 1 aliphatic heterocycles. The summed E-state index contributed by atoms with van der Waals surface area (Å²) in [4.78, 5) is 25.9. The molecule has 20 heavy (non-hydrogen) atoms. The molecule has 0 radical (unpaired) electrons. The van der Waals surface area contributed by atoms with Crippen molar-refractivity contribution in [2.75, 3.05) is 26.3 Å². The van der Waals surface area contributed by atoms with Gasteiger partial charge in [0, 0.05) is 13.1 Å². The van der Waals surface area contributed by atoms with Gasteiger partial charge in [-0.1, -0.05) is 18.3 Å². The van der Waals surface area contributed by atoms with E-state index in [0.29, 0.717) is 19.7 Å². The average molecular weight is 319 g/mol. The molecule has 0 spiro atoms. The second kappa shape index (κ2) is 6.96. The van der Waals surface area contributed by atoms with Crippen LogP contribution in [0.3, 0.4) is 0 Å². The Hall–Kier alpha value is -1.25. The normalized spacial score (nSPS) is 18.9. The van der Waals surface area contributed by atoms with Crippen molar-refractivity contribution in [3.8, 4) is 0 Å². The fourth-order valence-electron chi connectivity index (χ4n) is 1.84. The van der Waals surface area contributed by atoms with Crippen molar-refractivity contribution in [1.29, 1.82) is 0 Å². The summed E-state index contributed by atoms with van der Waals surface area (Å²) in [7, 11) is 0. The van der Waals surface area contributed by atoms with E-state index in [2.05, 4.69) is 15.5 Å². The molecule has 1 aliphatic rings. The number of hydrogen-bond acceptors (Lipinski definition) is 6. The smallest absolute Gasteiger partial charge is 0.285 e. The van der Waals surface area contributed by atoms with Crippen molar-refractivity contribution in [2.45, 2.75) is 19.4 Å². The SMILES string of the molecule is CCCNC(=O)C1COCCN1C(=O)c1nnc(Cl)s1. The van der Waals surface area contributed by atoms with Crippen LogP contribution in [0, 0.1) is 0 Å². The first-order valence-corrected chi connectivity index (χ1v) is 7.48. The summed E-state index contributed by atoms with van der Waals surface area (Å²) >= 11 is 6.68. The number of ether oxygens (including phenoxy) is 1. The predicted octanol–water partition coefficient (Wildman–Crippen LogP) is 0.559. The van der Waals surface area contributed by atoms with E-state index < -0.39 is 6.04 Å². The number of carbonyl (C=O) groups is 2. The molecule has 0 aliphatic carbocycles. The summed E-state index contributed by atoms with van der Waals surface area (Å²) in [5, 5.41) is 10.3. The van der Waals surface area contributed by atoms with Gasteiger partial charge in [0.15, 0.2) is 0 Å². The van der Waals surface area contributed by atoms with Crippen LogP contribution in [0.4, 0.5) is 0 Å². The van der Waals surface area contributed by atoms with Crippen molar-refractivity contribution >= 4 is 34.8 Å². The molecule has 1 aromatic heterocycles. The topological polar surface area (TPSA) is 84.4 Å². The molecule has 7 nitrogen and oxygen atoms in total. The van der Waals surface area contributed by atoms with E-state index in [1.807, 2.05) is 6.92 Å². The molecule has 1 unspecified atom stereocenters. The Morgan fingerprint density at radius 3 is 3.00 bits per heavy atom. The van der Waals surface area contributed by atoms with Crippen LogP contribution >= 0.6 is 22.9 Å². The molecule has 2 amide bonds. The number of aromatic nitrogens is 2. The number of halogens is 1. The Balaban J connectivity index is 2.10. The quantitative estimate of drug-likeness (QED) is 0.877. The largest absolute Gasteiger partial charge is 0.377 e. The molecule has 0 bridgehead atoms. The molecule has 1 N–H and O–H groups in total. The van der Waals surface area contributed by atoms with Gasteiger partial charge < -0.3 is 15.0 Å². The lowest BCUT2D eigenvalue weighted by Crippen LogP contribution is -2.56. The number of hydrogen-bond donors (Lipinski definition) is 1. The molecule has 2 rings (SSSR count). The van der Waals surface area contributed by atoms with Crippen molar-refractivity contribution in [3.05, 3.63) is 9.47 Å². The van der Waals surface area contributed by atoms with E-state index in [1.165, 1.54) is 4.90 Å². The standard InChI is InChI=1S/C11H15ClN4O3S/c1-2-3-13-8(17)7-6-19-5-4-16(7)10(18)9-14-15-11(12)20-9/h7H,2-6H2,1H3,(H,13,17). The average Bonchev–Trinajstić information content (AvgIpc) is 2.90. The van der Waals surface area contributed by atoms with E-state index in [0.717, 1.165) is 17.8 Å². The summed E-state index contributed by atoms with van der Waals surface area (Å²) in [5.41, 5.74) is 0. The fourth-order valence-corrected chi connectivity index (χ4v) is 2.63. The number of morpholine rings is 1. The molecule has 2 heterocycles. The Bertz CT molecular complexity index is 496. The summed E-state index contributed by atoms with van der Waals surface area (Å²) in [5.74, 6) is -0.551. The van der Waals surface area contributed by atoms with Crippen LogP contribution in [0.2, 0.25) is 4.47 Å². The summed E-state index contributed by atoms with van der Waals surface area (Å²) in [6.45, 7) is 3.47. The van der Waals surface area contributed by atoms with Crippen LogP contribution in [-0.4, -0.2) is 59.3 Å². The van der Waals surface area contributed by atoms with E-state index in [4.69, 9.17) is 16.3 Å². The first kappa shape index (κ1) is 15.1. The maximum absolute atomic E-state index is 12.3. The van der Waals surface area contributed by atoms with Gasteiger partial charge in [0.2, 0.25) is 15.4 Å². The molecule has 1 saturated heterocycles. The lowest BCUT2D eigenvalue weighted by atomic mass is 10.2. The zero-order chi connectivity index (χ0) is 14.5. The van der Waals surface area contributed by atoms with E-state index in [1.54, 1.807) is 0 Å². The van der Waals surface area contributed by atoms with Crippen LogP contribution < -0.4 is 5.32 Å². The second-order valence-electron chi connectivity index (χ2n) is 4.24. The van der Waals surface area contributed by atoms with Gasteiger partial charge >= 0.3 is 0 Å². The first-order valence-electron chi connectivity index (χ1n) is 6.29. The van der Waals surface area contributed by atoms with Crippen LogP contribution in [0.15, 0.2) is 0 Å². The van der Waals surface area contributed by atoms with Gasteiger partial charge in [-0.25, -0.2) is 0 Å². The van der Waals surface area contributed by atoms with Gasteiger partial charge in [-0.3, -0.25) is 9.59 Å². The third-order valence-electron chi connectivity index (χ3n) is 2.82. The number of nitrogens with one attached hydrogen (secondary N) is 1. The van der Waals surface area contributed by atoms with Crippen molar-refractivity contribution < 1.29 is 14.3 Å². The van der Waals surface area contributed by atoms with Crippen LogP contribution in [-0.2, 0) is 9.53 Å². The Morgan fingerprint density at radius 1 is 1.55 bits per heavy atom. The van der Waals surface area contributed by atoms with Gasteiger partial charge in [-0.05, 0) is 18.0 Å². The fraction of sp³-hybridized carbons (Fsp3) is 0.636. The minimum Gasteiger partial charge on any atom is -0.377 e. The van der Waals surface area contributed by atoms with Crippen molar-refractivity contribution in [1.82, 2.24) is 20.4 Å². The Morgan fingerprint density at radius 2 is 2.35 bits per heavy atom. The minimum atomic E-state index is -0.634. The van der Waals surface area contributed by atoms with Crippen molar-refractivity contribution in [3.63, 3.8) is 0 Å². The van der Waals surface area contributed by atoms with E-state index in [-0.39, 0.29) is 27.9 Å². The second-order valence-corrected chi connectivity index (χ2v) is 5.80. The molecular formula is C11H15ClN4O3S. The van der Waals surface area contributed by atoms with Crippen LogP contribution in [0.1, 0.15) is 23.1 Å². The molecule has 0 saturated carbocycles. The third kappa shape index (κ3) is 3.44. The molecule has 9 heteroatoms. The third-order valence-corrected chi connectivity index (χ3v) is 3.83. The first-order chi connectivity index (χ1) is 9.63. The number of carbonyl (C=O) groups excluding carboxylic acids is 2. The van der Waals surface area contributed by atoms with Crippen molar-refractivity contribution in [2.24, 2.45) is 0 Å². The minimum absolute atomic E-state index is 0.185. The maximum atomic E-state index is 12.3. The van der Waals surface area contributed by atoms with Gasteiger partial charge in [0.05, 0.1) is 13.2 Å². The van der Waals surface area contributed by atoms with Gasteiger partial charge in [-0.15, -0.1) is 10.2 Å². The summed E-state index contributed by atoms with van der Waals surface area (Å²) in [6.07, 6.45) is 0.833. The zero-order valence-corrected chi connectivity index (χ0v) is 12.5. The zero-order valence-electron chi connectivity index (χ0n) is 11.0. The number of rotatable bonds is 4. The molecule has 1 aromatic rings. The van der Waals surface area contributed by atoms with Crippen LogP contribution in [0.25, 0.3) is 0 Å². The monoisotopic (exact) mass is 318 g/mol. The van der Waals surface area contributed by atoms with Gasteiger partial charge in [0.1, 0.15) is 6.04 Å². The predicted molar refractivity (Wildman–Crippen MR) is 73.9 cm³/mol. The van der Waals surface area contributed by atoms with Crippen LogP contribution in [0.5, 0.6) is 0 Å². The highest BCUT2D eigenvalue weighted by atomic mass is 35.5. The summed E-state index contributed by atoms with van der Waals surface area (Å²) < 4.78 is 5.49. The maximum Gasteiger partial charge on any atom is 0.285 e. The molecular weight excluding hydrogens is 304 g/mol. The lowest BCUT2D eigenvalue weighted by molar-refractivity contribution is -0.130. The molecule has 0 aromatic carbocycles. The summed E-state index contributed by atoms with van der Waals surface area (Å²) in [6, 6.07) is -0.634. The Labute approximate surface area is 125 Å².